The molecule has 0 aliphatic rings. The number of hydrogen-bond donors (Lipinski definition) is 0. The lowest BCUT2D eigenvalue weighted by Crippen LogP contribution is -2.08. The lowest BCUT2D eigenvalue weighted by molar-refractivity contribution is -0.138. The number of nitrogens with zero attached hydrogens (tertiary/aromatic N) is 1. The van der Waals surface area contributed by atoms with Crippen LogP contribution in [0.3, 0.4) is 0 Å². The molecule has 2 aromatic rings. The minimum absolute atomic E-state index is 0.00503. The Hall–Kier alpha value is -1.36. The fourth-order valence-electron chi connectivity index (χ4n) is 1.79. The SMILES string of the molecule is Cc1nc(-c2ccc(CBr)cc2)ccc1C(F)(F)F. The Morgan fingerprint density at radius 2 is 1.68 bits per heavy atom. The number of aryl methyl sites for hydroxylation is 1. The van der Waals surface area contributed by atoms with E-state index < -0.39 is 11.7 Å². The third kappa shape index (κ3) is 3.15. The normalized spacial score (nSPS) is 11.6. The van der Waals surface area contributed by atoms with Gasteiger partial charge in [-0.15, -0.1) is 0 Å². The maximum atomic E-state index is 12.6. The highest BCUT2D eigenvalue weighted by Crippen LogP contribution is 2.32. The molecule has 1 heterocycles. The molecular weight excluding hydrogens is 319 g/mol. The summed E-state index contributed by atoms with van der Waals surface area (Å²) in [5.41, 5.74) is 1.77. The highest BCUT2D eigenvalue weighted by molar-refractivity contribution is 9.08. The second kappa shape index (κ2) is 5.33. The molecule has 1 aromatic heterocycles. The number of hydrogen-bond acceptors (Lipinski definition) is 1. The molecule has 19 heavy (non-hydrogen) atoms. The van der Waals surface area contributed by atoms with E-state index in [4.69, 9.17) is 0 Å². The summed E-state index contributed by atoms with van der Waals surface area (Å²) in [6.07, 6.45) is -4.35. The van der Waals surface area contributed by atoms with Crippen LogP contribution in [-0.4, -0.2) is 4.98 Å². The largest absolute Gasteiger partial charge is 0.418 e. The minimum atomic E-state index is -4.35. The first-order valence-corrected chi connectivity index (χ1v) is 6.74. The molecule has 2 rings (SSSR count). The molecule has 0 aliphatic carbocycles. The first kappa shape index (κ1) is 14.1. The zero-order valence-corrected chi connectivity index (χ0v) is 11.7. The summed E-state index contributed by atoms with van der Waals surface area (Å²) in [5.74, 6) is 0. The van der Waals surface area contributed by atoms with Crippen molar-refractivity contribution in [2.24, 2.45) is 0 Å². The molecule has 100 valence electrons. The van der Waals surface area contributed by atoms with Gasteiger partial charge in [0.2, 0.25) is 0 Å². The average molecular weight is 330 g/mol. The Kier molecular flexibility index (Phi) is 3.94. The van der Waals surface area contributed by atoms with Crippen molar-refractivity contribution in [1.82, 2.24) is 4.98 Å². The molecule has 0 saturated carbocycles. The van der Waals surface area contributed by atoms with Crippen molar-refractivity contribution in [2.45, 2.75) is 18.4 Å². The van der Waals surface area contributed by atoms with E-state index >= 15 is 0 Å². The van der Waals surface area contributed by atoms with Crippen LogP contribution in [0.25, 0.3) is 11.3 Å². The van der Waals surface area contributed by atoms with Gasteiger partial charge in [-0.3, -0.25) is 4.98 Å². The molecule has 5 heteroatoms. The second-order valence-corrected chi connectivity index (χ2v) is 4.72. The van der Waals surface area contributed by atoms with Crippen LogP contribution in [0.1, 0.15) is 16.8 Å². The predicted molar refractivity (Wildman–Crippen MR) is 72.0 cm³/mol. The number of halogens is 4. The summed E-state index contributed by atoms with van der Waals surface area (Å²) in [6, 6.07) is 10.0. The smallest absolute Gasteiger partial charge is 0.253 e. The number of alkyl halides is 4. The van der Waals surface area contributed by atoms with Crippen LogP contribution in [0.5, 0.6) is 0 Å². The Morgan fingerprint density at radius 3 is 2.16 bits per heavy atom. The highest BCUT2D eigenvalue weighted by atomic mass is 79.9. The molecular formula is C14H11BrF3N. The van der Waals surface area contributed by atoms with Crippen LogP contribution in [0.15, 0.2) is 36.4 Å². The third-order valence-electron chi connectivity index (χ3n) is 2.80. The molecule has 0 N–H and O–H groups in total. The number of pyridine rings is 1. The van der Waals surface area contributed by atoms with Crippen molar-refractivity contribution in [3.8, 4) is 11.3 Å². The standard InChI is InChI=1S/C14H11BrF3N/c1-9-12(14(16,17)18)6-7-13(19-9)11-4-2-10(8-15)3-5-11/h2-7H,8H2,1H3. The van der Waals surface area contributed by atoms with Gasteiger partial charge in [-0.2, -0.15) is 13.2 Å². The van der Waals surface area contributed by atoms with Crippen LogP contribution in [0.2, 0.25) is 0 Å². The van der Waals surface area contributed by atoms with E-state index in [0.29, 0.717) is 5.69 Å². The molecule has 1 nitrogen and oxygen atoms in total. The molecule has 0 aliphatic heterocycles. The van der Waals surface area contributed by atoms with Crippen LogP contribution in [-0.2, 0) is 11.5 Å². The molecule has 0 spiro atoms. The lowest BCUT2D eigenvalue weighted by atomic mass is 10.1. The van der Waals surface area contributed by atoms with E-state index in [-0.39, 0.29) is 5.69 Å². The van der Waals surface area contributed by atoms with Crippen LogP contribution >= 0.6 is 15.9 Å². The van der Waals surface area contributed by atoms with Crippen molar-refractivity contribution in [3.05, 3.63) is 53.2 Å². The second-order valence-electron chi connectivity index (χ2n) is 4.16. The summed E-state index contributed by atoms with van der Waals surface area (Å²) in [5, 5.41) is 0.743. The zero-order valence-electron chi connectivity index (χ0n) is 10.1. The maximum Gasteiger partial charge on any atom is 0.418 e. The molecule has 1 aromatic carbocycles. The fraction of sp³-hybridized carbons (Fsp3) is 0.214. The first-order chi connectivity index (χ1) is 8.91. The van der Waals surface area contributed by atoms with Gasteiger partial charge in [0.05, 0.1) is 17.0 Å². The molecule has 0 radical (unpaired) electrons. The van der Waals surface area contributed by atoms with E-state index in [1.807, 2.05) is 24.3 Å². The molecule has 0 amide bonds. The van der Waals surface area contributed by atoms with Gasteiger partial charge < -0.3 is 0 Å². The number of aromatic nitrogens is 1. The van der Waals surface area contributed by atoms with Gasteiger partial charge in [-0.1, -0.05) is 40.2 Å². The van der Waals surface area contributed by atoms with Crippen LogP contribution in [0.4, 0.5) is 13.2 Å². The van der Waals surface area contributed by atoms with Crippen molar-refractivity contribution in [2.75, 3.05) is 0 Å². The van der Waals surface area contributed by atoms with Crippen molar-refractivity contribution >= 4 is 15.9 Å². The van der Waals surface area contributed by atoms with E-state index in [1.165, 1.54) is 13.0 Å². The van der Waals surface area contributed by atoms with Gasteiger partial charge in [0.25, 0.3) is 0 Å². The van der Waals surface area contributed by atoms with Gasteiger partial charge in [0.15, 0.2) is 0 Å². The summed E-state index contributed by atoms with van der Waals surface area (Å²) < 4.78 is 37.9. The van der Waals surface area contributed by atoms with Gasteiger partial charge in [0, 0.05) is 10.9 Å². The number of rotatable bonds is 2. The topological polar surface area (TPSA) is 12.9 Å². The first-order valence-electron chi connectivity index (χ1n) is 5.62. The molecule has 0 atom stereocenters. The molecule has 0 fully saturated rings. The van der Waals surface area contributed by atoms with Gasteiger partial charge in [-0.05, 0) is 24.6 Å². The van der Waals surface area contributed by atoms with Crippen molar-refractivity contribution < 1.29 is 13.2 Å². The van der Waals surface area contributed by atoms with Crippen LogP contribution in [0, 0.1) is 6.92 Å². The molecule has 0 bridgehead atoms. The quantitative estimate of drug-likeness (QED) is 0.709. The Labute approximate surface area is 117 Å². The van der Waals surface area contributed by atoms with E-state index in [0.717, 1.165) is 22.5 Å². The Balaban J connectivity index is 2.38. The Morgan fingerprint density at radius 1 is 1.05 bits per heavy atom. The van der Waals surface area contributed by atoms with Gasteiger partial charge in [-0.25, -0.2) is 0 Å². The minimum Gasteiger partial charge on any atom is -0.253 e. The van der Waals surface area contributed by atoms with E-state index in [2.05, 4.69) is 20.9 Å². The number of benzene rings is 1. The average Bonchev–Trinajstić information content (AvgIpc) is 2.37. The van der Waals surface area contributed by atoms with Gasteiger partial charge >= 0.3 is 6.18 Å². The molecule has 0 unspecified atom stereocenters. The monoisotopic (exact) mass is 329 g/mol. The van der Waals surface area contributed by atoms with Crippen molar-refractivity contribution in [1.29, 1.82) is 0 Å². The summed E-state index contributed by atoms with van der Waals surface area (Å²) in [7, 11) is 0. The fourth-order valence-corrected chi connectivity index (χ4v) is 2.16. The summed E-state index contributed by atoms with van der Waals surface area (Å²) in [6.45, 7) is 1.37. The Bertz CT molecular complexity index is 576. The van der Waals surface area contributed by atoms with Gasteiger partial charge in [0.1, 0.15) is 0 Å². The molecule has 0 saturated heterocycles. The predicted octanol–water partition coefficient (Wildman–Crippen LogP) is 4.97. The lowest BCUT2D eigenvalue weighted by Gasteiger charge is -2.11. The highest BCUT2D eigenvalue weighted by Gasteiger charge is 2.32. The summed E-state index contributed by atoms with van der Waals surface area (Å²) >= 11 is 3.34. The maximum absolute atomic E-state index is 12.6. The zero-order chi connectivity index (χ0) is 14.0. The van der Waals surface area contributed by atoms with Crippen LogP contribution < -0.4 is 0 Å². The van der Waals surface area contributed by atoms with Crippen molar-refractivity contribution in [3.63, 3.8) is 0 Å². The van der Waals surface area contributed by atoms with E-state index in [1.54, 1.807) is 0 Å². The van der Waals surface area contributed by atoms with E-state index in [9.17, 15) is 13.2 Å². The summed E-state index contributed by atoms with van der Waals surface area (Å²) in [4.78, 5) is 4.03. The third-order valence-corrected chi connectivity index (χ3v) is 3.44.